The van der Waals surface area contributed by atoms with E-state index >= 15 is 0 Å². The number of ether oxygens (including phenoxy) is 1. The smallest absolute Gasteiger partial charge is 0.277 e. The van der Waals surface area contributed by atoms with Gasteiger partial charge in [0.25, 0.3) is 11.1 Å². The highest BCUT2D eigenvalue weighted by Crippen LogP contribution is 2.31. The van der Waals surface area contributed by atoms with Gasteiger partial charge in [-0.05, 0) is 57.2 Å². The molecule has 2 aromatic heterocycles. The van der Waals surface area contributed by atoms with E-state index in [0.29, 0.717) is 40.3 Å². The molecule has 4 rings (SSSR count). The Morgan fingerprint density at radius 1 is 1.12 bits per heavy atom. The monoisotopic (exact) mass is 451 g/mol. The predicted octanol–water partition coefficient (Wildman–Crippen LogP) is 5.66. The first-order valence-electron chi connectivity index (χ1n) is 10.1. The fraction of sp³-hybridized carbons (Fsp3) is 0.208. The van der Waals surface area contributed by atoms with Crippen molar-refractivity contribution in [2.75, 3.05) is 12.4 Å². The molecule has 8 heteroatoms. The number of nitrogens with zero attached hydrogens (tertiary/aromatic N) is 3. The Bertz CT molecular complexity index is 1270. The molecule has 0 aliphatic heterocycles. The topological polar surface area (TPSA) is 70.2 Å². The van der Waals surface area contributed by atoms with Crippen LogP contribution in [0.2, 0.25) is 0 Å². The molecule has 0 spiro atoms. The molecule has 0 aliphatic rings. The van der Waals surface area contributed by atoms with Crippen molar-refractivity contribution in [3.05, 3.63) is 77.4 Å². The molecular weight excluding hydrogens is 429 g/mol. The van der Waals surface area contributed by atoms with Gasteiger partial charge in [0.05, 0.1) is 17.9 Å². The number of Topliss-reactive ketones (excluding diaryl/α,β-unsaturated/α-hetero) is 1. The number of benzene rings is 2. The van der Waals surface area contributed by atoms with Crippen LogP contribution in [0, 0.1) is 19.7 Å². The van der Waals surface area contributed by atoms with Gasteiger partial charge in [-0.25, -0.2) is 4.39 Å². The molecule has 0 N–H and O–H groups in total. The average molecular weight is 452 g/mol. The van der Waals surface area contributed by atoms with Crippen molar-refractivity contribution in [1.29, 1.82) is 0 Å². The highest BCUT2D eigenvalue weighted by Gasteiger charge is 2.19. The maximum Gasteiger partial charge on any atom is 0.277 e. The van der Waals surface area contributed by atoms with Crippen LogP contribution in [0.5, 0.6) is 5.75 Å². The second-order valence-corrected chi connectivity index (χ2v) is 8.04. The lowest BCUT2D eigenvalue weighted by atomic mass is 10.2. The minimum Gasteiger partial charge on any atom is -0.493 e. The van der Waals surface area contributed by atoms with Gasteiger partial charge < -0.3 is 13.7 Å². The van der Waals surface area contributed by atoms with E-state index < -0.39 is 0 Å². The van der Waals surface area contributed by atoms with Crippen LogP contribution in [0.1, 0.15) is 28.7 Å². The van der Waals surface area contributed by atoms with Crippen LogP contribution >= 0.6 is 11.8 Å². The van der Waals surface area contributed by atoms with Crippen LogP contribution in [0.4, 0.5) is 4.39 Å². The van der Waals surface area contributed by atoms with Crippen LogP contribution in [0.15, 0.2) is 64.2 Å². The van der Waals surface area contributed by atoms with Crippen molar-refractivity contribution in [2.24, 2.45) is 0 Å². The Balaban J connectivity index is 1.49. The maximum atomic E-state index is 13.7. The van der Waals surface area contributed by atoms with E-state index in [1.807, 2.05) is 61.7 Å². The average Bonchev–Trinajstić information content (AvgIpc) is 3.37. The zero-order valence-electron chi connectivity index (χ0n) is 18.0. The fourth-order valence-corrected chi connectivity index (χ4v) is 4.21. The minimum absolute atomic E-state index is 0.0692. The summed E-state index contributed by atoms with van der Waals surface area (Å²) in [4.78, 5) is 12.9. The Labute approximate surface area is 189 Å². The van der Waals surface area contributed by atoms with Gasteiger partial charge in [-0.15, -0.1) is 10.2 Å². The number of hydrogen-bond acceptors (Lipinski definition) is 6. The number of thioether (sulfide) groups is 1. The van der Waals surface area contributed by atoms with E-state index in [4.69, 9.17) is 9.15 Å². The van der Waals surface area contributed by atoms with E-state index in [-0.39, 0.29) is 17.4 Å². The molecule has 0 saturated carbocycles. The molecule has 2 aromatic carbocycles. The van der Waals surface area contributed by atoms with Gasteiger partial charge in [0.2, 0.25) is 0 Å². The second-order valence-electron chi connectivity index (χ2n) is 7.11. The molecule has 0 amide bonds. The number of halogens is 1. The number of rotatable bonds is 8. The standard InChI is InChI=1S/C24H22FN3O3S/c1-4-30-22-11-6-5-10-19(22)23-26-27-24(31-23)32-14-21(29)20-12-15(2)28(16(20)3)18-9-7-8-17(25)13-18/h5-13H,4,14H2,1-3H3. The molecule has 6 nitrogen and oxygen atoms in total. The van der Waals surface area contributed by atoms with Gasteiger partial charge in [-0.2, -0.15) is 0 Å². The third-order valence-corrected chi connectivity index (χ3v) is 5.77. The SMILES string of the molecule is CCOc1ccccc1-c1nnc(SCC(=O)c2cc(C)n(-c3cccc(F)c3)c2C)o1. The molecule has 32 heavy (non-hydrogen) atoms. The number of aryl methyl sites for hydroxylation is 1. The normalized spacial score (nSPS) is 11.0. The molecule has 164 valence electrons. The molecule has 0 radical (unpaired) electrons. The van der Waals surface area contributed by atoms with Crippen LogP contribution in [-0.4, -0.2) is 32.9 Å². The summed E-state index contributed by atoms with van der Waals surface area (Å²) in [6, 6.07) is 15.6. The summed E-state index contributed by atoms with van der Waals surface area (Å²) in [5.41, 5.74) is 3.59. The highest BCUT2D eigenvalue weighted by molar-refractivity contribution is 7.99. The van der Waals surface area contributed by atoms with Gasteiger partial charge in [0, 0.05) is 22.6 Å². The van der Waals surface area contributed by atoms with Crippen molar-refractivity contribution in [3.63, 3.8) is 0 Å². The van der Waals surface area contributed by atoms with E-state index in [9.17, 15) is 9.18 Å². The van der Waals surface area contributed by atoms with Gasteiger partial charge in [0.15, 0.2) is 5.78 Å². The zero-order valence-corrected chi connectivity index (χ0v) is 18.8. The summed E-state index contributed by atoms with van der Waals surface area (Å²) in [5, 5.41) is 8.45. The van der Waals surface area contributed by atoms with Crippen LogP contribution < -0.4 is 4.74 Å². The van der Waals surface area contributed by atoms with Crippen molar-refractivity contribution < 1.29 is 18.3 Å². The van der Waals surface area contributed by atoms with Crippen LogP contribution in [-0.2, 0) is 0 Å². The Kier molecular flexibility index (Phi) is 6.41. The second kappa shape index (κ2) is 9.40. The first-order valence-corrected chi connectivity index (χ1v) is 11.1. The first kappa shape index (κ1) is 21.8. The lowest BCUT2D eigenvalue weighted by Crippen LogP contribution is -2.05. The summed E-state index contributed by atoms with van der Waals surface area (Å²) < 4.78 is 26.9. The quantitative estimate of drug-likeness (QED) is 0.254. The number of ketones is 1. The third kappa shape index (κ3) is 4.45. The number of aromatic nitrogens is 3. The number of carbonyl (C=O) groups excluding carboxylic acids is 1. The van der Waals surface area contributed by atoms with Crippen molar-refractivity contribution >= 4 is 17.5 Å². The van der Waals surface area contributed by atoms with Crippen molar-refractivity contribution in [2.45, 2.75) is 26.0 Å². The molecule has 0 saturated heterocycles. The number of carbonyl (C=O) groups is 1. The molecular formula is C24H22FN3O3S. The molecule has 0 atom stereocenters. The Morgan fingerprint density at radius 3 is 2.72 bits per heavy atom. The first-order chi connectivity index (χ1) is 15.5. The largest absolute Gasteiger partial charge is 0.493 e. The molecule has 4 aromatic rings. The van der Waals surface area contributed by atoms with Crippen molar-refractivity contribution in [1.82, 2.24) is 14.8 Å². The Hall–Kier alpha value is -3.39. The molecule has 0 bridgehead atoms. The molecule has 0 unspecified atom stereocenters. The number of para-hydroxylation sites is 1. The van der Waals surface area contributed by atoms with Crippen molar-refractivity contribution in [3.8, 4) is 22.9 Å². The van der Waals surface area contributed by atoms with Gasteiger partial charge in [0.1, 0.15) is 11.6 Å². The summed E-state index contributed by atoms with van der Waals surface area (Å²) >= 11 is 1.18. The zero-order chi connectivity index (χ0) is 22.7. The molecule has 0 fully saturated rings. The highest BCUT2D eigenvalue weighted by atomic mass is 32.2. The van der Waals surface area contributed by atoms with Gasteiger partial charge >= 0.3 is 0 Å². The Morgan fingerprint density at radius 2 is 1.94 bits per heavy atom. The minimum atomic E-state index is -0.323. The van der Waals surface area contributed by atoms with E-state index in [1.165, 1.54) is 23.9 Å². The van der Waals surface area contributed by atoms with Gasteiger partial charge in [-0.1, -0.05) is 30.0 Å². The summed E-state index contributed by atoms with van der Waals surface area (Å²) in [7, 11) is 0. The molecule has 0 aliphatic carbocycles. The van der Waals surface area contributed by atoms with E-state index in [0.717, 1.165) is 11.4 Å². The summed E-state index contributed by atoms with van der Waals surface area (Å²) in [6.45, 7) is 6.17. The lowest BCUT2D eigenvalue weighted by molar-refractivity contribution is 0.102. The predicted molar refractivity (Wildman–Crippen MR) is 121 cm³/mol. The summed E-state index contributed by atoms with van der Waals surface area (Å²) in [6.07, 6.45) is 0. The van der Waals surface area contributed by atoms with Gasteiger partial charge in [-0.3, -0.25) is 4.79 Å². The third-order valence-electron chi connectivity index (χ3n) is 4.95. The van der Waals surface area contributed by atoms with E-state index in [1.54, 1.807) is 6.07 Å². The molecule has 2 heterocycles. The summed E-state index contributed by atoms with van der Waals surface area (Å²) in [5.74, 6) is 0.753. The maximum absolute atomic E-state index is 13.7. The lowest BCUT2D eigenvalue weighted by Gasteiger charge is -2.09. The van der Waals surface area contributed by atoms with Crippen LogP contribution in [0.25, 0.3) is 17.1 Å². The van der Waals surface area contributed by atoms with Crippen LogP contribution in [0.3, 0.4) is 0 Å². The fourth-order valence-electron chi connectivity index (χ4n) is 3.56. The van der Waals surface area contributed by atoms with E-state index in [2.05, 4.69) is 10.2 Å². The number of hydrogen-bond donors (Lipinski definition) is 0.